The molecule has 0 aliphatic carbocycles. The average molecular weight is 574 g/mol. The molecule has 3 N–H and O–H groups in total. The number of primary amides is 1. The third-order valence-electron chi connectivity index (χ3n) is 6.57. The highest BCUT2D eigenvalue weighted by Crippen LogP contribution is 2.32. The summed E-state index contributed by atoms with van der Waals surface area (Å²) < 4.78 is 48.5. The molecular weight excluding hydrogens is 539 g/mol. The zero-order valence-corrected chi connectivity index (χ0v) is 23.2. The number of halogens is 3. The topological polar surface area (TPSA) is 128 Å². The summed E-state index contributed by atoms with van der Waals surface area (Å²) >= 11 is 0. The second kappa shape index (κ2) is 12.1. The second-order valence-electron chi connectivity index (χ2n) is 11.0. The molecule has 1 fully saturated rings. The van der Waals surface area contributed by atoms with E-state index in [0.717, 1.165) is 24.6 Å². The third kappa shape index (κ3) is 8.18. The Balaban J connectivity index is 1.48. The largest absolute Gasteiger partial charge is 0.444 e. The van der Waals surface area contributed by atoms with E-state index in [1.54, 1.807) is 40.0 Å². The van der Waals surface area contributed by atoms with Crippen LogP contribution < -0.4 is 11.1 Å². The summed E-state index contributed by atoms with van der Waals surface area (Å²) in [7, 11) is 0. The SMILES string of the molecule is CC(C)(C)OC(=O)N1CCCC(n2cc(Nc3ncc(C(F)(F)F)c(CCc4ccccc4CC(N)=O)n3)cn2)C1. The van der Waals surface area contributed by atoms with Crippen molar-refractivity contribution in [2.75, 3.05) is 18.4 Å². The highest BCUT2D eigenvalue weighted by atomic mass is 19.4. The van der Waals surface area contributed by atoms with Crippen LogP contribution in [-0.2, 0) is 35.0 Å². The molecule has 4 rings (SSSR count). The van der Waals surface area contributed by atoms with Crippen molar-refractivity contribution in [3.8, 4) is 0 Å². The predicted molar refractivity (Wildman–Crippen MR) is 145 cm³/mol. The molecular formula is C28H34F3N7O3. The molecule has 0 bridgehead atoms. The van der Waals surface area contributed by atoms with E-state index < -0.39 is 23.2 Å². The van der Waals surface area contributed by atoms with E-state index in [1.807, 2.05) is 20.8 Å². The van der Waals surface area contributed by atoms with Crippen LogP contribution in [-0.4, -0.2) is 55.3 Å². The molecule has 1 atom stereocenters. The van der Waals surface area contributed by atoms with Crippen LogP contribution in [0.15, 0.2) is 42.9 Å². The number of piperidine rings is 1. The van der Waals surface area contributed by atoms with Gasteiger partial charge in [-0.15, -0.1) is 0 Å². The van der Waals surface area contributed by atoms with Gasteiger partial charge in [-0.2, -0.15) is 18.3 Å². The van der Waals surface area contributed by atoms with Crippen LogP contribution in [0.5, 0.6) is 0 Å². The van der Waals surface area contributed by atoms with Crippen molar-refractivity contribution >= 4 is 23.6 Å². The fourth-order valence-electron chi connectivity index (χ4n) is 4.71. The summed E-state index contributed by atoms with van der Waals surface area (Å²) in [5.74, 6) is -0.523. The number of benzene rings is 1. The number of amides is 2. The summed E-state index contributed by atoms with van der Waals surface area (Å²) in [5, 5.41) is 7.34. The van der Waals surface area contributed by atoms with Crippen LogP contribution in [0.1, 0.15) is 62.0 Å². The number of likely N-dealkylation sites (tertiary alicyclic amines) is 1. The molecule has 2 aromatic heterocycles. The Kier molecular flexibility index (Phi) is 8.83. The van der Waals surface area contributed by atoms with Crippen molar-refractivity contribution < 1.29 is 27.5 Å². The number of aromatic nitrogens is 4. The number of anilines is 2. The summed E-state index contributed by atoms with van der Waals surface area (Å²) in [6, 6.07) is 6.91. The number of rotatable bonds is 8. The first-order valence-electron chi connectivity index (χ1n) is 13.4. The van der Waals surface area contributed by atoms with Crippen molar-refractivity contribution in [3.63, 3.8) is 0 Å². The predicted octanol–water partition coefficient (Wildman–Crippen LogP) is 4.82. The summed E-state index contributed by atoms with van der Waals surface area (Å²) in [6.45, 7) is 6.46. The molecule has 0 saturated carbocycles. The summed E-state index contributed by atoms with van der Waals surface area (Å²) in [6.07, 6.45) is 0.794. The van der Waals surface area contributed by atoms with E-state index in [-0.39, 0.29) is 43.0 Å². The van der Waals surface area contributed by atoms with Crippen LogP contribution in [0, 0.1) is 0 Å². The number of carbonyl (C=O) groups is 2. The van der Waals surface area contributed by atoms with Gasteiger partial charge in [0.05, 0.1) is 35.6 Å². The molecule has 0 radical (unpaired) electrons. The van der Waals surface area contributed by atoms with Gasteiger partial charge >= 0.3 is 12.3 Å². The van der Waals surface area contributed by atoms with Gasteiger partial charge in [0.1, 0.15) is 5.60 Å². The van der Waals surface area contributed by atoms with Crippen molar-refractivity contribution in [1.29, 1.82) is 0 Å². The van der Waals surface area contributed by atoms with Gasteiger partial charge in [0, 0.05) is 25.5 Å². The molecule has 3 aromatic rings. The number of alkyl halides is 3. The molecule has 0 spiro atoms. The van der Waals surface area contributed by atoms with Gasteiger partial charge in [0.25, 0.3) is 0 Å². The Morgan fingerprint density at radius 1 is 1.12 bits per heavy atom. The van der Waals surface area contributed by atoms with E-state index in [1.165, 1.54) is 6.20 Å². The fourth-order valence-corrected chi connectivity index (χ4v) is 4.71. The number of ether oxygens (including phenoxy) is 1. The number of nitrogens with two attached hydrogens (primary N) is 1. The first-order chi connectivity index (χ1) is 19.3. The molecule has 2 amide bonds. The Morgan fingerprint density at radius 3 is 2.54 bits per heavy atom. The molecule has 220 valence electrons. The lowest BCUT2D eigenvalue weighted by Crippen LogP contribution is -2.43. The van der Waals surface area contributed by atoms with Crippen LogP contribution in [0.2, 0.25) is 0 Å². The van der Waals surface area contributed by atoms with E-state index in [0.29, 0.717) is 24.3 Å². The molecule has 1 unspecified atom stereocenters. The van der Waals surface area contributed by atoms with Crippen LogP contribution in [0.25, 0.3) is 0 Å². The Bertz CT molecular complexity index is 1380. The van der Waals surface area contributed by atoms with E-state index in [2.05, 4.69) is 20.4 Å². The maximum Gasteiger partial charge on any atom is 0.419 e. The molecule has 1 saturated heterocycles. The molecule has 1 aliphatic rings. The van der Waals surface area contributed by atoms with Gasteiger partial charge < -0.3 is 20.7 Å². The maximum atomic E-state index is 13.8. The van der Waals surface area contributed by atoms with Crippen LogP contribution >= 0.6 is 0 Å². The van der Waals surface area contributed by atoms with Gasteiger partial charge in [-0.25, -0.2) is 14.8 Å². The Morgan fingerprint density at radius 2 is 1.85 bits per heavy atom. The van der Waals surface area contributed by atoms with Gasteiger partial charge in [-0.05, 0) is 57.6 Å². The minimum absolute atomic E-state index is 0.000597. The molecule has 13 heteroatoms. The van der Waals surface area contributed by atoms with Gasteiger partial charge in [0.2, 0.25) is 11.9 Å². The maximum absolute atomic E-state index is 13.8. The highest BCUT2D eigenvalue weighted by Gasteiger charge is 2.35. The molecule has 3 heterocycles. The van der Waals surface area contributed by atoms with Gasteiger partial charge in [-0.3, -0.25) is 9.48 Å². The number of hydrogen-bond acceptors (Lipinski definition) is 7. The first-order valence-corrected chi connectivity index (χ1v) is 13.4. The molecule has 1 aliphatic heterocycles. The van der Waals surface area contributed by atoms with E-state index in [9.17, 15) is 22.8 Å². The highest BCUT2D eigenvalue weighted by molar-refractivity contribution is 5.77. The minimum Gasteiger partial charge on any atom is -0.444 e. The lowest BCUT2D eigenvalue weighted by molar-refractivity contribution is -0.138. The number of nitrogens with zero attached hydrogens (tertiary/aromatic N) is 5. The number of nitrogens with one attached hydrogen (secondary N) is 1. The first kappa shape index (κ1) is 29.8. The zero-order chi connectivity index (χ0) is 29.8. The normalized spacial score (nSPS) is 16.0. The lowest BCUT2D eigenvalue weighted by atomic mass is 9.98. The summed E-state index contributed by atoms with van der Waals surface area (Å²) in [4.78, 5) is 33.7. The second-order valence-corrected chi connectivity index (χ2v) is 11.0. The standard InChI is InChI=1S/C28H34F3N7O3/c1-27(2,3)41-26(40)37-12-6-9-21(17-37)38-16-20(14-34-38)35-25-33-15-22(28(29,30)31)23(36-25)11-10-18-7-4-5-8-19(18)13-24(32)39/h4-5,7-8,14-16,21H,6,9-13,17H2,1-3H3,(H2,32,39)(H,33,35,36). The Hall–Kier alpha value is -4.16. The van der Waals surface area contributed by atoms with Crippen LogP contribution in [0.3, 0.4) is 0 Å². The van der Waals surface area contributed by atoms with E-state index >= 15 is 0 Å². The van der Waals surface area contributed by atoms with Crippen molar-refractivity contribution in [2.45, 2.75) is 70.7 Å². The number of hydrogen-bond donors (Lipinski definition) is 2. The van der Waals surface area contributed by atoms with E-state index in [4.69, 9.17) is 10.5 Å². The minimum atomic E-state index is -4.63. The fraction of sp³-hybridized carbons (Fsp3) is 0.464. The van der Waals surface area contributed by atoms with Crippen LogP contribution in [0.4, 0.5) is 29.6 Å². The van der Waals surface area contributed by atoms with Gasteiger partial charge in [-0.1, -0.05) is 24.3 Å². The number of carbonyl (C=O) groups excluding carboxylic acids is 2. The quantitative estimate of drug-likeness (QED) is 0.395. The van der Waals surface area contributed by atoms with Crippen molar-refractivity contribution in [1.82, 2.24) is 24.6 Å². The molecule has 41 heavy (non-hydrogen) atoms. The number of aryl methyl sites for hydroxylation is 2. The Labute approximate surface area is 236 Å². The lowest BCUT2D eigenvalue weighted by Gasteiger charge is -2.34. The zero-order valence-electron chi connectivity index (χ0n) is 23.2. The summed E-state index contributed by atoms with van der Waals surface area (Å²) in [5.41, 5.74) is 5.52. The average Bonchev–Trinajstić information content (AvgIpc) is 3.35. The molecule has 10 nitrogen and oxygen atoms in total. The van der Waals surface area contributed by atoms with Crippen molar-refractivity contribution in [3.05, 3.63) is 65.2 Å². The smallest absolute Gasteiger partial charge is 0.419 e. The van der Waals surface area contributed by atoms with Gasteiger partial charge in [0.15, 0.2) is 0 Å². The monoisotopic (exact) mass is 573 g/mol. The third-order valence-corrected chi connectivity index (χ3v) is 6.57. The van der Waals surface area contributed by atoms with Crippen molar-refractivity contribution in [2.24, 2.45) is 5.73 Å². The molecule has 1 aromatic carbocycles.